The number of hydrogen-bond donors (Lipinski definition) is 2. The number of carboxylic acid groups (broad SMARTS) is 1. The molecule has 9 nitrogen and oxygen atoms in total. The molecule has 0 bridgehead atoms. The van der Waals surface area contributed by atoms with Crippen LogP contribution in [0.2, 0.25) is 0 Å². The molecule has 0 radical (unpaired) electrons. The monoisotopic (exact) mass is 328 g/mol. The molecule has 1 aromatic heterocycles. The number of aliphatic carboxylic acids is 1. The number of nitrogens with zero attached hydrogens (tertiary/aromatic N) is 3. The van der Waals surface area contributed by atoms with Gasteiger partial charge in [0.1, 0.15) is 5.82 Å². The average molecular weight is 328 g/mol. The van der Waals surface area contributed by atoms with Crippen molar-refractivity contribution in [3.63, 3.8) is 0 Å². The van der Waals surface area contributed by atoms with Gasteiger partial charge in [0.05, 0.1) is 18.1 Å². The first kappa shape index (κ1) is 16.2. The molecule has 1 saturated heterocycles. The maximum absolute atomic E-state index is 11.4. The summed E-state index contributed by atoms with van der Waals surface area (Å²) in [4.78, 5) is 27.5. The Morgan fingerprint density at radius 1 is 1.23 bits per heavy atom. The van der Waals surface area contributed by atoms with Crippen molar-refractivity contribution in [2.75, 3.05) is 42.7 Å². The van der Waals surface area contributed by atoms with Gasteiger partial charge in [0.15, 0.2) is 0 Å². The quantitative estimate of drug-likeness (QED) is 0.696. The van der Waals surface area contributed by atoms with Gasteiger partial charge in [-0.25, -0.2) is 18.2 Å². The third-order valence-corrected chi connectivity index (χ3v) is 4.53. The van der Waals surface area contributed by atoms with E-state index in [1.165, 1.54) is 16.8 Å². The number of sulfonamides is 1. The molecule has 0 spiro atoms. The Hall–Kier alpha value is -2.20. The van der Waals surface area contributed by atoms with Crippen LogP contribution in [0.5, 0.6) is 0 Å². The molecule has 2 rings (SSSR count). The van der Waals surface area contributed by atoms with Crippen molar-refractivity contribution >= 4 is 33.4 Å². The zero-order valence-corrected chi connectivity index (χ0v) is 12.7. The van der Waals surface area contributed by atoms with Crippen molar-refractivity contribution in [3.05, 3.63) is 18.3 Å². The van der Waals surface area contributed by atoms with Crippen LogP contribution in [0.15, 0.2) is 18.3 Å². The molecule has 0 aliphatic carbocycles. The predicted molar refractivity (Wildman–Crippen MR) is 79.1 cm³/mol. The Kier molecular flexibility index (Phi) is 4.62. The van der Waals surface area contributed by atoms with E-state index in [2.05, 4.69) is 10.3 Å². The topological polar surface area (TPSA) is 120 Å². The number of anilines is 2. The molecular weight excluding hydrogens is 312 g/mol. The van der Waals surface area contributed by atoms with Gasteiger partial charge in [-0.1, -0.05) is 0 Å². The summed E-state index contributed by atoms with van der Waals surface area (Å²) in [5, 5.41) is 10.7. The summed E-state index contributed by atoms with van der Waals surface area (Å²) in [6, 6.07) is 3.19. The standard InChI is InChI=1S/C12H16N4O5S/c1-22(20,21)16-6-4-15(5-7-16)10-3-2-9(8-13-10)14-11(17)12(18)19/h2-3,8H,4-7H2,1H3,(H,14,17)(H,18,19). The van der Waals surface area contributed by atoms with Crippen LogP contribution < -0.4 is 10.2 Å². The zero-order chi connectivity index (χ0) is 16.3. The molecule has 1 aromatic rings. The molecule has 120 valence electrons. The second-order valence-electron chi connectivity index (χ2n) is 4.81. The van der Waals surface area contributed by atoms with Crippen molar-refractivity contribution in [1.29, 1.82) is 0 Å². The second kappa shape index (κ2) is 6.28. The first-order valence-corrected chi connectivity index (χ1v) is 8.32. The molecule has 22 heavy (non-hydrogen) atoms. The van der Waals surface area contributed by atoms with Crippen LogP contribution in [0.4, 0.5) is 11.5 Å². The van der Waals surface area contributed by atoms with Crippen LogP contribution in [0.1, 0.15) is 0 Å². The number of aromatic nitrogens is 1. The number of carbonyl (C=O) groups excluding carboxylic acids is 1. The van der Waals surface area contributed by atoms with Crippen LogP contribution in [-0.2, 0) is 19.6 Å². The summed E-state index contributed by atoms with van der Waals surface area (Å²) in [5.41, 5.74) is 0.283. The highest BCUT2D eigenvalue weighted by molar-refractivity contribution is 7.88. The Morgan fingerprint density at radius 3 is 2.32 bits per heavy atom. The molecular formula is C12H16N4O5S. The second-order valence-corrected chi connectivity index (χ2v) is 6.80. The van der Waals surface area contributed by atoms with Crippen LogP contribution in [0.25, 0.3) is 0 Å². The summed E-state index contributed by atoms with van der Waals surface area (Å²) in [6.45, 7) is 1.80. The lowest BCUT2D eigenvalue weighted by molar-refractivity contribution is -0.147. The fraction of sp³-hybridized carbons (Fsp3) is 0.417. The molecule has 1 amide bonds. The third-order valence-electron chi connectivity index (χ3n) is 3.23. The molecule has 10 heteroatoms. The molecule has 0 aromatic carbocycles. The van der Waals surface area contributed by atoms with E-state index in [1.54, 1.807) is 12.1 Å². The number of hydrogen-bond acceptors (Lipinski definition) is 6. The van der Waals surface area contributed by atoms with E-state index >= 15 is 0 Å². The number of piperazine rings is 1. The maximum atomic E-state index is 11.4. The third kappa shape index (κ3) is 3.92. The molecule has 1 aliphatic heterocycles. The van der Waals surface area contributed by atoms with Crippen LogP contribution in [-0.4, -0.2) is 67.1 Å². The minimum atomic E-state index is -3.18. The van der Waals surface area contributed by atoms with Gasteiger partial charge in [0.25, 0.3) is 0 Å². The van der Waals surface area contributed by atoms with Gasteiger partial charge in [-0.05, 0) is 12.1 Å². The SMILES string of the molecule is CS(=O)(=O)N1CCN(c2ccc(NC(=O)C(=O)O)cn2)CC1. The lowest BCUT2D eigenvalue weighted by atomic mass is 10.3. The van der Waals surface area contributed by atoms with Crippen LogP contribution >= 0.6 is 0 Å². The van der Waals surface area contributed by atoms with Crippen molar-refractivity contribution < 1.29 is 23.1 Å². The molecule has 2 N–H and O–H groups in total. The van der Waals surface area contributed by atoms with E-state index in [9.17, 15) is 18.0 Å². The predicted octanol–water partition coefficient (Wildman–Crippen LogP) is -0.814. The number of nitrogens with one attached hydrogen (secondary N) is 1. The molecule has 1 aliphatic rings. The molecule has 2 heterocycles. The summed E-state index contributed by atoms with van der Waals surface area (Å²) in [7, 11) is -3.18. The van der Waals surface area contributed by atoms with Crippen LogP contribution in [0.3, 0.4) is 0 Å². The highest BCUT2D eigenvalue weighted by Crippen LogP contribution is 2.17. The van der Waals surface area contributed by atoms with Gasteiger partial charge in [-0.3, -0.25) is 4.79 Å². The first-order chi connectivity index (χ1) is 10.3. The fourth-order valence-electron chi connectivity index (χ4n) is 2.08. The van der Waals surface area contributed by atoms with Crippen molar-refractivity contribution in [2.24, 2.45) is 0 Å². The summed E-state index contributed by atoms with van der Waals surface area (Å²) in [5.74, 6) is -2.06. The van der Waals surface area contributed by atoms with E-state index in [4.69, 9.17) is 5.11 Å². The van der Waals surface area contributed by atoms with Crippen molar-refractivity contribution in [1.82, 2.24) is 9.29 Å². The summed E-state index contributed by atoms with van der Waals surface area (Å²) in [6.07, 6.45) is 2.54. The fourth-order valence-corrected chi connectivity index (χ4v) is 2.91. The molecule has 0 saturated carbocycles. The Balaban J connectivity index is 1.97. The Morgan fingerprint density at radius 2 is 1.86 bits per heavy atom. The van der Waals surface area contributed by atoms with E-state index in [0.717, 1.165) is 0 Å². The summed E-state index contributed by atoms with van der Waals surface area (Å²) < 4.78 is 24.3. The van der Waals surface area contributed by atoms with Gasteiger partial charge in [0, 0.05) is 26.2 Å². The largest absolute Gasteiger partial charge is 0.474 e. The number of rotatable bonds is 3. The lowest BCUT2D eigenvalue weighted by Gasteiger charge is -2.33. The molecule has 0 atom stereocenters. The highest BCUT2D eigenvalue weighted by atomic mass is 32.2. The number of carboxylic acids is 1. The zero-order valence-electron chi connectivity index (χ0n) is 11.9. The van der Waals surface area contributed by atoms with Gasteiger partial charge >= 0.3 is 11.9 Å². The van der Waals surface area contributed by atoms with E-state index < -0.39 is 21.9 Å². The summed E-state index contributed by atoms with van der Waals surface area (Å²) >= 11 is 0. The maximum Gasteiger partial charge on any atom is 0.394 e. The van der Waals surface area contributed by atoms with Crippen molar-refractivity contribution in [2.45, 2.75) is 0 Å². The smallest absolute Gasteiger partial charge is 0.394 e. The Bertz CT molecular complexity index is 665. The van der Waals surface area contributed by atoms with Gasteiger partial charge in [0.2, 0.25) is 10.0 Å². The van der Waals surface area contributed by atoms with E-state index in [0.29, 0.717) is 32.0 Å². The van der Waals surface area contributed by atoms with Crippen molar-refractivity contribution in [3.8, 4) is 0 Å². The van der Waals surface area contributed by atoms with E-state index in [-0.39, 0.29) is 5.69 Å². The lowest BCUT2D eigenvalue weighted by Crippen LogP contribution is -2.48. The van der Waals surface area contributed by atoms with Crippen LogP contribution in [0, 0.1) is 0 Å². The van der Waals surface area contributed by atoms with Gasteiger partial charge in [-0.15, -0.1) is 0 Å². The normalized spacial score (nSPS) is 16.3. The average Bonchev–Trinajstić information content (AvgIpc) is 2.47. The minimum Gasteiger partial charge on any atom is -0.474 e. The number of pyridine rings is 1. The first-order valence-electron chi connectivity index (χ1n) is 6.48. The minimum absolute atomic E-state index is 0.283. The van der Waals surface area contributed by atoms with E-state index in [1.807, 2.05) is 4.90 Å². The number of amides is 1. The highest BCUT2D eigenvalue weighted by Gasteiger charge is 2.24. The molecule has 1 fully saturated rings. The molecule has 0 unspecified atom stereocenters. The van der Waals surface area contributed by atoms with Gasteiger partial charge < -0.3 is 15.3 Å². The van der Waals surface area contributed by atoms with Gasteiger partial charge in [-0.2, -0.15) is 4.31 Å². The Labute approximate surface area is 127 Å². The number of carbonyl (C=O) groups is 2.